The monoisotopic (exact) mass is 258 g/mol. The maximum absolute atomic E-state index is 5.42. The fraction of sp³-hybridized carbons (Fsp3) is 0.286. The van der Waals surface area contributed by atoms with E-state index >= 15 is 0 Å². The molecule has 0 atom stereocenters. The van der Waals surface area contributed by atoms with Crippen molar-refractivity contribution in [3.8, 4) is 11.4 Å². The predicted octanol–water partition coefficient (Wildman–Crippen LogP) is 3.19. The van der Waals surface area contributed by atoms with Gasteiger partial charge in [0.15, 0.2) is 0 Å². The number of nitrogens with zero attached hydrogens (tertiary/aromatic N) is 1. The van der Waals surface area contributed by atoms with Gasteiger partial charge in [-0.1, -0.05) is 36.5 Å². The number of hydrogen-bond donors (Lipinski definition) is 1. The van der Waals surface area contributed by atoms with Crippen LogP contribution in [0.5, 0.6) is 0 Å². The fourth-order valence-corrected chi connectivity index (χ4v) is 2.49. The molecule has 3 nitrogen and oxygen atoms in total. The second-order valence-corrected chi connectivity index (χ2v) is 4.85. The number of aromatic nitrogens is 2. The Balaban J connectivity index is 2.17. The van der Waals surface area contributed by atoms with Crippen molar-refractivity contribution in [2.45, 2.75) is 20.0 Å². The number of aromatic amines is 1. The van der Waals surface area contributed by atoms with Gasteiger partial charge in [-0.15, -0.1) is 0 Å². The highest BCUT2D eigenvalue weighted by Gasteiger charge is 2.14. The minimum Gasteiger partial charge on any atom is -0.376 e. The fourth-order valence-electron chi connectivity index (χ4n) is 2.22. The Kier molecular flexibility index (Phi) is 2.97. The molecule has 0 bridgehead atoms. The third kappa shape index (κ3) is 1.98. The molecule has 0 fully saturated rings. The molecule has 1 aliphatic heterocycles. The Morgan fingerprint density at radius 1 is 1.33 bits per heavy atom. The van der Waals surface area contributed by atoms with Gasteiger partial charge < -0.3 is 9.72 Å². The van der Waals surface area contributed by atoms with Crippen LogP contribution in [0.3, 0.4) is 0 Å². The third-order valence-corrected chi connectivity index (χ3v) is 3.59. The maximum atomic E-state index is 5.42. The van der Waals surface area contributed by atoms with Gasteiger partial charge in [0.1, 0.15) is 10.5 Å². The van der Waals surface area contributed by atoms with Gasteiger partial charge in [0, 0.05) is 23.2 Å². The van der Waals surface area contributed by atoms with Crippen molar-refractivity contribution in [1.82, 2.24) is 9.97 Å². The molecule has 0 spiro atoms. The smallest absolute Gasteiger partial charge is 0.139 e. The topological polar surface area (TPSA) is 37.9 Å². The lowest BCUT2D eigenvalue weighted by Crippen LogP contribution is -2.14. The van der Waals surface area contributed by atoms with Gasteiger partial charge in [-0.25, -0.2) is 4.98 Å². The molecule has 18 heavy (non-hydrogen) atoms. The highest BCUT2D eigenvalue weighted by molar-refractivity contribution is 7.71. The van der Waals surface area contributed by atoms with E-state index in [9.17, 15) is 0 Å². The normalized spacial score (nSPS) is 14.3. The summed E-state index contributed by atoms with van der Waals surface area (Å²) in [5.41, 5.74) is 4.51. The van der Waals surface area contributed by atoms with Gasteiger partial charge in [0.2, 0.25) is 0 Å². The second kappa shape index (κ2) is 4.63. The lowest BCUT2D eigenvalue weighted by atomic mass is 10.1. The summed E-state index contributed by atoms with van der Waals surface area (Å²) in [7, 11) is 0. The van der Waals surface area contributed by atoms with Gasteiger partial charge in [0.05, 0.1) is 13.2 Å². The molecular formula is C14H14N2OS. The summed E-state index contributed by atoms with van der Waals surface area (Å²) in [6, 6.07) is 8.19. The van der Waals surface area contributed by atoms with Crippen LogP contribution in [-0.2, 0) is 17.8 Å². The van der Waals surface area contributed by atoms with E-state index in [2.05, 4.69) is 29.0 Å². The Morgan fingerprint density at radius 3 is 3.00 bits per heavy atom. The first kappa shape index (κ1) is 11.6. The van der Waals surface area contributed by atoms with Gasteiger partial charge >= 0.3 is 0 Å². The van der Waals surface area contributed by atoms with Crippen molar-refractivity contribution in [2.75, 3.05) is 6.61 Å². The van der Waals surface area contributed by atoms with Crippen LogP contribution in [0.25, 0.3) is 11.4 Å². The minimum atomic E-state index is 0.575. The first-order valence-corrected chi connectivity index (χ1v) is 6.42. The third-order valence-electron chi connectivity index (χ3n) is 3.25. The van der Waals surface area contributed by atoms with E-state index in [1.165, 1.54) is 11.3 Å². The van der Waals surface area contributed by atoms with E-state index in [-0.39, 0.29) is 0 Å². The molecule has 3 rings (SSSR count). The molecule has 0 saturated heterocycles. The molecule has 2 aromatic rings. The lowest BCUT2D eigenvalue weighted by Gasteiger charge is -2.17. The summed E-state index contributed by atoms with van der Waals surface area (Å²) >= 11 is 5.36. The van der Waals surface area contributed by atoms with Crippen LogP contribution in [0.15, 0.2) is 24.3 Å². The number of hydrogen-bond acceptors (Lipinski definition) is 3. The largest absolute Gasteiger partial charge is 0.376 e. The molecule has 0 aliphatic carbocycles. The zero-order valence-corrected chi connectivity index (χ0v) is 11.0. The van der Waals surface area contributed by atoms with Crippen molar-refractivity contribution in [2.24, 2.45) is 0 Å². The highest BCUT2D eigenvalue weighted by Crippen LogP contribution is 2.23. The van der Waals surface area contributed by atoms with E-state index in [4.69, 9.17) is 17.0 Å². The number of nitrogens with one attached hydrogen (secondary N) is 1. The highest BCUT2D eigenvalue weighted by atomic mass is 32.1. The molecule has 0 unspecified atom stereocenters. The number of rotatable bonds is 1. The first-order chi connectivity index (χ1) is 8.75. The van der Waals surface area contributed by atoms with Crippen LogP contribution in [-0.4, -0.2) is 16.6 Å². The lowest BCUT2D eigenvalue weighted by molar-refractivity contribution is 0.108. The van der Waals surface area contributed by atoms with Gasteiger partial charge in [0.25, 0.3) is 0 Å². The number of aryl methyl sites for hydroxylation is 1. The average Bonchev–Trinajstić information content (AvgIpc) is 2.39. The molecule has 1 aliphatic rings. The minimum absolute atomic E-state index is 0.575. The maximum Gasteiger partial charge on any atom is 0.139 e. The van der Waals surface area contributed by atoms with Crippen molar-refractivity contribution in [3.05, 3.63) is 45.7 Å². The Hall–Kier alpha value is -1.52. The summed E-state index contributed by atoms with van der Waals surface area (Å²) in [6.07, 6.45) is 0.875. The summed E-state index contributed by atoms with van der Waals surface area (Å²) < 4.78 is 6.07. The first-order valence-electron chi connectivity index (χ1n) is 6.01. The Labute approximate surface area is 111 Å². The van der Waals surface area contributed by atoms with Crippen molar-refractivity contribution in [3.63, 3.8) is 0 Å². The standard InChI is InChI=1S/C14H14N2OS/c1-9-4-2-3-5-10(9)13-15-12-6-7-17-8-11(12)14(18)16-13/h2-5H,6-8H2,1H3,(H,15,16,18). The van der Waals surface area contributed by atoms with Crippen LogP contribution in [0, 0.1) is 11.6 Å². The molecule has 4 heteroatoms. The molecule has 92 valence electrons. The zero-order chi connectivity index (χ0) is 12.5. The number of benzene rings is 1. The number of fused-ring (bicyclic) bond motifs is 1. The predicted molar refractivity (Wildman–Crippen MR) is 73.0 cm³/mol. The molecule has 2 heterocycles. The summed E-state index contributed by atoms with van der Waals surface area (Å²) in [5.74, 6) is 0.860. The Morgan fingerprint density at radius 2 is 2.17 bits per heavy atom. The summed E-state index contributed by atoms with van der Waals surface area (Å²) in [4.78, 5) is 7.90. The second-order valence-electron chi connectivity index (χ2n) is 4.47. The Bertz CT molecular complexity index is 648. The van der Waals surface area contributed by atoms with Crippen molar-refractivity contribution < 1.29 is 4.74 Å². The molecular weight excluding hydrogens is 244 g/mol. The van der Waals surface area contributed by atoms with E-state index in [0.717, 1.165) is 30.0 Å². The van der Waals surface area contributed by atoms with Crippen LogP contribution in [0.4, 0.5) is 0 Å². The van der Waals surface area contributed by atoms with Crippen LogP contribution in [0.2, 0.25) is 0 Å². The van der Waals surface area contributed by atoms with Gasteiger partial charge in [-0.3, -0.25) is 0 Å². The molecule has 1 aromatic heterocycles. The SMILES string of the molecule is Cc1ccccc1-c1nc(=S)c2c([nH]1)CCOC2. The number of H-pyrrole nitrogens is 1. The summed E-state index contributed by atoms with van der Waals surface area (Å²) in [6.45, 7) is 3.40. The van der Waals surface area contributed by atoms with Crippen molar-refractivity contribution >= 4 is 12.2 Å². The molecule has 0 radical (unpaired) electrons. The average molecular weight is 258 g/mol. The van der Waals surface area contributed by atoms with Crippen LogP contribution in [0.1, 0.15) is 16.8 Å². The van der Waals surface area contributed by atoms with Crippen molar-refractivity contribution in [1.29, 1.82) is 0 Å². The van der Waals surface area contributed by atoms with Gasteiger partial charge in [-0.2, -0.15) is 0 Å². The van der Waals surface area contributed by atoms with E-state index < -0.39 is 0 Å². The zero-order valence-electron chi connectivity index (χ0n) is 10.2. The quantitative estimate of drug-likeness (QED) is 0.798. The van der Waals surface area contributed by atoms with E-state index in [1.807, 2.05) is 12.1 Å². The van der Waals surface area contributed by atoms with Gasteiger partial charge in [-0.05, 0) is 12.5 Å². The number of ether oxygens (including phenoxy) is 1. The summed E-state index contributed by atoms with van der Waals surface area (Å²) in [5, 5.41) is 0. The molecule has 0 amide bonds. The van der Waals surface area contributed by atoms with Crippen LogP contribution < -0.4 is 0 Å². The van der Waals surface area contributed by atoms with E-state index in [1.54, 1.807) is 0 Å². The molecule has 1 aromatic carbocycles. The molecule has 0 saturated carbocycles. The molecule has 1 N–H and O–H groups in total. The van der Waals surface area contributed by atoms with Crippen LogP contribution >= 0.6 is 12.2 Å². The van der Waals surface area contributed by atoms with E-state index in [0.29, 0.717) is 11.2 Å².